The monoisotopic (exact) mass is 174 g/mol. The summed E-state index contributed by atoms with van der Waals surface area (Å²) < 4.78 is 1.67. The number of anilines is 1. The molecule has 0 amide bonds. The number of hydrogen-bond acceptors (Lipinski definition) is 3. The summed E-state index contributed by atoms with van der Waals surface area (Å²) in [5, 5.41) is 7.63. The van der Waals surface area contributed by atoms with E-state index in [0.717, 1.165) is 11.3 Å². The second kappa shape index (κ2) is 2.90. The van der Waals surface area contributed by atoms with Gasteiger partial charge in [-0.2, -0.15) is 0 Å². The Balaban J connectivity index is 2.64. The standard InChI is InChI=1S/C9H10N4/c1-7-3-2-4-8(10)9(7)13-6-5-11-12-13/h2-6H,10H2,1H3. The zero-order valence-electron chi connectivity index (χ0n) is 7.31. The number of nitrogens with two attached hydrogens (primary N) is 1. The molecule has 0 unspecified atom stereocenters. The topological polar surface area (TPSA) is 56.7 Å². The molecule has 66 valence electrons. The highest BCUT2D eigenvalue weighted by atomic mass is 15.4. The molecular weight excluding hydrogens is 164 g/mol. The first-order valence-electron chi connectivity index (χ1n) is 4.01. The van der Waals surface area contributed by atoms with Crippen LogP contribution in [0.5, 0.6) is 0 Å². The Morgan fingerprint density at radius 2 is 2.23 bits per heavy atom. The molecule has 2 aromatic rings. The van der Waals surface area contributed by atoms with E-state index in [9.17, 15) is 0 Å². The summed E-state index contributed by atoms with van der Waals surface area (Å²) in [5.41, 5.74) is 8.53. The van der Waals surface area contributed by atoms with Crippen LogP contribution in [0.15, 0.2) is 30.6 Å². The van der Waals surface area contributed by atoms with E-state index in [-0.39, 0.29) is 0 Å². The van der Waals surface area contributed by atoms with Crippen molar-refractivity contribution in [3.8, 4) is 5.69 Å². The van der Waals surface area contributed by atoms with Crippen molar-refractivity contribution in [3.05, 3.63) is 36.2 Å². The van der Waals surface area contributed by atoms with Crippen molar-refractivity contribution in [1.82, 2.24) is 15.0 Å². The molecule has 0 spiro atoms. The molecular formula is C9H10N4. The van der Waals surface area contributed by atoms with Crippen molar-refractivity contribution in [1.29, 1.82) is 0 Å². The third kappa shape index (κ3) is 1.26. The molecule has 13 heavy (non-hydrogen) atoms. The van der Waals surface area contributed by atoms with Crippen LogP contribution in [0.4, 0.5) is 5.69 Å². The minimum atomic E-state index is 0.713. The summed E-state index contributed by atoms with van der Waals surface area (Å²) in [6.07, 6.45) is 3.41. The highest BCUT2D eigenvalue weighted by Gasteiger charge is 2.04. The molecule has 0 atom stereocenters. The van der Waals surface area contributed by atoms with Crippen LogP contribution in [0.2, 0.25) is 0 Å². The number of aromatic nitrogens is 3. The number of hydrogen-bond donors (Lipinski definition) is 1. The fourth-order valence-corrected chi connectivity index (χ4v) is 1.32. The van der Waals surface area contributed by atoms with Gasteiger partial charge in [0.05, 0.1) is 23.8 Å². The molecule has 4 heteroatoms. The molecule has 0 saturated carbocycles. The van der Waals surface area contributed by atoms with Crippen LogP contribution in [0, 0.1) is 6.92 Å². The van der Waals surface area contributed by atoms with E-state index in [1.54, 1.807) is 17.1 Å². The van der Waals surface area contributed by atoms with E-state index in [1.807, 2.05) is 25.1 Å². The lowest BCUT2D eigenvalue weighted by atomic mass is 10.2. The van der Waals surface area contributed by atoms with E-state index < -0.39 is 0 Å². The van der Waals surface area contributed by atoms with E-state index >= 15 is 0 Å². The maximum atomic E-state index is 5.82. The van der Waals surface area contributed by atoms with Crippen molar-refractivity contribution in [3.63, 3.8) is 0 Å². The van der Waals surface area contributed by atoms with Gasteiger partial charge in [-0.25, -0.2) is 4.68 Å². The van der Waals surface area contributed by atoms with Gasteiger partial charge in [-0.3, -0.25) is 0 Å². The van der Waals surface area contributed by atoms with Crippen LogP contribution in [0.1, 0.15) is 5.56 Å². The van der Waals surface area contributed by atoms with Crippen LogP contribution in [0.25, 0.3) is 5.69 Å². The lowest BCUT2D eigenvalue weighted by molar-refractivity contribution is 0.800. The van der Waals surface area contributed by atoms with Gasteiger partial charge in [0.15, 0.2) is 0 Å². The fraction of sp³-hybridized carbons (Fsp3) is 0.111. The highest BCUT2D eigenvalue weighted by Crippen LogP contribution is 2.19. The van der Waals surface area contributed by atoms with Gasteiger partial charge in [0, 0.05) is 0 Å². The molecule has 4 nitrogen and oxygen atoms in total. The summed E-state index contributed by atoms with van der Waals surface area (Å²) in [6.45, 7) is 1.99. The number of para-hydroxylation sites is 1. The van der Waals surface area contributed by atoms with Gasteiger partial charge in [0.2, 0.25) is 0 Å². The van der Waals surface area contributed by atoms with Gasteiger partial charge < -0.3 is 5.73 Å². The third-order valence-corrected chi connectivity index (χ3v) is 1.92. The number of rotatable bonds is 1. The lowest BCUT2D eigenvalue weighted by Crippen LogP contribution is -2.02. The molecule has 2 N–H and O–H groups in total. The first kappa shape index (κ1) is 7.79. The van der Waals surface area contributed by atoms with Crippen molar-refractivity contribution < 1.29 is 0 Å². The Morgan fingerprint density at radius 1 is 1.38 bits per heavy atom. The smallest absolute Gasteiger partial charge is 0.0921 e. The SMILES string of the molecule is Cc1cccc(N)c1-n1ccnn1. The molecule has 1 aromatic carbocycles. The highest BCUT2D eigenvalue weighted by molar-refractivity contribution is 5.60. The average Bonchev–Trinajstić information content (AvgIpc) is 2.57. The summed E-state index contributed by atoms with van der Waals surface area (Å²) in [5.74, 6) is 0. The maximum Gasteiger partial charge on any atom is 0.0921 e. The predicted molar refractivity (Wildman–Crippen MR) is 50.5 cm³/mol. The zero-order chi connectivity index (χ0) is 9.26. The summed E-state index contributed by atoms with van der Waals surface area (Å²) >= 11 is 0. The van der Waals surface area contributed by atoms with Gasteiger partial charge in [-0.1, -0.05) is 17.3 Å². The number of nitrogens with zero attached hydrogens (tertiary/aromatic N) is 3. The zero-order valence-corrected chi connectivity index (χ0v) is 7.31. The van der Waals surface area contributed by atoms with Gasteiger partial charge in [0.1, 0.15) is 0 Å². The van der Waals surface area contributed by atoms with Crippen molar-refractivity contribution >= 4 is 5.69 Å². The minimum absolute atomic E-state index is 0.713. The maximum absolute atomic E-state index is 5.82. The third-order valence-electron chi connectivity index (χ3n) is 1.92. The van der Waals surface area contributed by atoms with Crippen LogP contribution in [-0.2, 0) is 0 Å². The molecule has 1 heterocycles. The van der Waals surface area contributed by atoms with E-state index in [4.69, 9.17) is 5.73 Å². The van der Waals surface area contributed by atoms with Gasteiger partial charge in [0.25, 0.3) is 0 Å². The Morgan fingerprint density at radius 3 is 2.85 bits per heavy atom. The molecule has 0 bridgehead atoms. The lowest BCUT2D eigenvalue weighted by Gasteiger charge is -2.07. The quantitative estimate of drug-likeness (QED) is 0.660. The van der Waals surface area contributed by atoms with Crippen molar-refractivity contribution in [2.24, 2.45) is 0 Å². The van der Waals surface area contributed by atoms with Crippen LogP contribution >= 0.6 is 0 Å². The van der Waals surface area contributed by atoms with Crippen molar-refractivity contribution in [2.45, 2.75) is 6.92 Å². The van der Waals surface area contributed by atoms with Gasteiger partial charge in [-0.15, -0.1) is 5.10 Å². The second-order valence-electron chi connectivity index (χ2n) is 2.86. The largest absolute Gasteiger partial charge is 0.397 e. The second-order valence-corrected chi connectivity index (χ2v) is 2.86. The van der Waals surface area contributed by atoms with E-state index in [2.05, 4.69) is 10.3 Å². The molecule has 2 rings (SSSR count). The van der Waals surface area contributed by atoms with Crippen molar-refractivity contribution in [2.75, 3.05) is 5.73 Å². The summed E-state index contributed by atoms with van der Waals surface area (Å²) in [6, 6.07) is 5.77. The van der Waals surface area contributed by atoms with Crippen LogP contribution in [-0.4, -0.2) is 15.0 Å². The summed E-state index contributed by atoms with van der Waals surface area (Å²) in [7, 11) is 0. The predicted octanol–water partition coefficient (Wildman–Crippen LogP) is 1.16. The van der Waals surface area contributed by atoms with E-state index in [1.165, 1.54) is 0 Å². The molecule has 1 aromatic heterocycles. The minimum Gasteiger partial charge on any atom is -0.397 e. The van der Waals surface area contributed by atoms with Crippen LogP contribution in [0.3, 0.4) is 0 Å². The molecule has 0 aliphatic carbocycles. The number of benzene rings is 1. The normalized spacial score (nSPS) is 10.2. The first-order chi connectivity index (χ1) is 6.29. The van der Waals surface area contributed by atoms with E-state index in [0.29, 0.717) is 5.69 Å². The Hall–Kier alpha value is -1.84. The molecule has 0 aliphatic rings. The molecule has 0 radical (unpaired) electrons. The van der Waals surface area contributed by atoms with Gasteiger partial charge in [-0.05, 0) is 18.6 Å². The first-order valence-corrected chi connectivity index (χ1v) is 4.01. The summed E-state index contributed by atoms with van der Waals surface area (Å²) in [4.78, 5) is 0. The number of aryl methyl sites for hydroxylation is 1. The Labute approximate surface area is 76.0 Å². The molecule has 0 aliphatic heterocycles. The Kier molecular flexibility index (Phi) is 1.73. The van der Waals surface area contributed by atoms with Crippen LogP contribution < -0.4 is 5.73 Å². The van der Waals surface area contributed by atoms with Gasteiger partial charge >= 0.3 is 0 Å². The average molecular weight is 174 g/mol. The number of nitrogen functional groups attached to an aromatic ring is 1. The molecule has 0 saturated heterocycles. The fourth-order valence-electron chi connectivity index (χ4n) is 1.32. The molecule has 0 fully saturated rings. The Bertz CT molecular complexity index is 385.